The van der Waals surface area contributed by atoms with E-state index in [4.69, 9.17) is 11.6 Å². The molecule has 0 unspecified atom stereocenters. The van der Waals surface area contributed by atoms with Gasteiger partial charge in [-0.05, 0) is 56.3 Å². The maximum atomic E-state index is 13.0. The van der Waals surface area contributed by atoms with E-state index in [-0.39, 0.29) is 36.5 Å². The maximum Gasteiger partial charge on any atom is 0.315 e. The van der Waals surface area contributed by atoms with Gasteiger partial charge in [-0.2, -0.15) is 0 Å². The molecule has 2 aromatic carbocycles. The predicted octanol–water partition coefficient (Wildman–Crippen LogP) is 3.62. The maximum absolute atomic E-state index is 13.0. The zero-order chi connectivity index (χ0) is 20.2. The number of halogens is 2. The molecule has 0 bridgehead atoms. The Hall–Kier alpha value is -2.54. The van der Waals surface area contributed by atoms with Crippen LogP contribution in [-0.2, 0) is 6.54 Å². The summed E-state index contributed by atoms with van der Waals surface area (Å²) in [5.74, 6) is 0. The lowest BCUT2D eigenvalue weighted by Gasteiger charge is -2.23. The van der Waals surface area contributed by atoms with Crippen LogP contribution >= 0.6 is 24.0 Å². The first-order valence-corrected chi connectivity index (χ1v) is 10.1. The second-order valence-corrected chi connectivity index (χ2v) is 7.64. The zero-order valence-electron chi connectivity index (χ0n) is 16.4. The van der Waals surface area contributed by atoms with Gasteiger partial charge < -0.3 is 20.5 Å². The molecule has 3 aromatic rings. The van der Waals surface area contributed by atoms with Crippen molar-refractivity contribution in [1.82, 2.24) is 20.5 Å². The molecular formula is C22H24Cl2N4O2. The van der Waals surface area contributed by atoms with E-state index in [9.17, 15) is 9.59 Å². The van der Waals surface area contributed by atoms with E-state index in [1.165, 1.54) is 0 Å². The van der Waals surface area contributed by atoms with E-state index in [1.807, 2.05) is 34.9 Å². The van der Waals surface area contributed by atoms with Gasteiger partial charge in [-0.3, -0.25) is 4.79 Å². The Morgan fingerprint density at radius 3 is 2.60 bits per heavy atom. The Morgan fingerprint density at radius 2 is 1.87 bits per heavy atom. The standard InChI is InChI=1S/C22H23ClN4O2.ClH/c23-16-6-7-19-20(12-16)27(18-4-2-1-3-5-18)14-15(21(19)28)13-25-22(29)26-17-8-10-24-11-9-17;/h1-7,12,14,17,24H,8-11,13H2,(H2,25,26,29);1H. The number of nitrogens with zero attached hydrogens (tertiary/aromatic N) is 1. The molecule has 1 aromatic heterocycles. The number of fused-ring (bicyclic) bond motifs is 1. The molecule has 2 amide bonds. The quantitative estimate of drug-likeness (QED) is 0.572. The summed E-state index contributed by atoms with van der Waals surface area (Å²) in [7, 11) is 0. The third-order valence-corrected chi connectivity index (χ3v) is 5.42. The summed E-state index contributed by atoms with van der Waals surface area (Å²) in [6.45, 7) is 1.96. The van der Waals surface area contributed by atoms with Gasteiger partial charge in [-0.25, -0.2) is 4.79 Å². The van der Waals surface area contributed by atoms with Crippen molar-refractivity contribution in [2.45, 2.75) is 25.4 Å². The highest BCUT2D eigenvalue weighted by Crippen LogP contribution is 2.21. The Morgan fingerprint density at radius 1 is 1.13 bits per heavy atom. The SMILES string of the molecule is Cl.O=C(NCc1cn(-c2ccccc2)c2cc(Cl)ccc2c1=O)NC1CCNCC1. The van der Waals surface area contributed by atoms with Gasteiger partial charge in [-0.1, -0.05) is 29.8 Å². The summed E-state index contributed by atoms with van der Waals surface area (Å²) in [4.78, 5) is 25.3. The van der Waals surface area contributed by atoms with Gasteiger partial charge in [0.05, 0.1) is 5.52 Å². The first-order valence-electron chi connectivity index (χ1n) is 9.76. The van der Waals surface area contributed by atoms with E-state index in [1.54, 1.807) is 24.4 Å². The highest BCUT2D eigenvalue weighted by Gasteiger charge is 2.16. The average Bonchev–Trinajstić information content (AvgIpc) is 2.74. The Bertz CT molecular complexity index is 1080. The minimum Gasteiger partial charge on any atom is -0.335 e. The molecule has 30 heavy (non-hydrogen) atoms. The topological polar surface area (TPSA) is 75.2 Å². The molecule has 0 radical (unpaired) electrons. The van der Waals surface area contributed by atoms with Crippen molar-refractivity contribution in [2.24, 2.45) is 0 Å². The van der Waals surface area contributed by atoms with Crippen LogP contribution in [0.4, 0.5) is 4.79 Å². The average molecular weight is 447 g/mol. The van der Waals surface area contributed by atoms with Gasteiger partial charge in [0.15, 0.2) is 5.43 Å². The molecule has 1 fully saturated rings. The van der Waals surface area contributed by atoms with Crippen LogP contribution in [0.2, 0.25) is 5.02 Å². The molecule has 0 saturated carbocycles. The number of rotatable bonds is 4. The van der Waals surface area contributed by atoms with Gasteiger partial charge in [0.25, 0.3) is 0 Å². The summed E-state index contributed by atoms with van der Waals surface area (Å²) in [6.07, 6.45) is 3.59. The van der Waals surface area contributed by atoms with E-state index >= 15 is 0 Å². The third-order valence-electron chi connectivity index (χ3n) is 5.19. The number of hydrogen-bond donors (Lipinski definition) is 3. The van der Waals surface area contributed by atoms with Crippen molar-refractivity contribution in [1.29, 1.82) is 0 Å². The summed E-state index contributed by atoms with van der Waals surface area (Å²) < 4.78 is 1.93. The molecule has 0 aliphatic carbocycles. The van der Waals surface area contributed by atoms with E-state index in [2.05, 4.69) is 16.0 Å². The lowest BCUT2D eigenvalue weighted by Crippen LogP contribution is -2.46. The van der Waals surface area contributed by atoms with E-state index in [0.717, 1.165) is 37.1 Å². The van der Waals surface area contributed by atoms with Gasteiger partial charge in [0.2, 0.25) is 0 Å². The van der Waals surface area contributed by atoms with Crippen LogP contribution in [0.3, 0.4) is 0 Å². The highest BCUT2D eigenvalue weighted by molar-refractivity contribution is 6.31. The van der Waals surface area contributed by atoms with Crippen molar-refractivity contribution in [3.05, 3.63) is 75.5 Å². The second kappa shape index (κ2) is 9.98. The minimum atomic E-state index is -0.251. The van der Waals surface area contributed by atoms with Gasteiger partial charge in [-0.15, -0.1) is 12.4 Å². The Labute approximate surface area is 186 Å². The lowest BCUT2D eigenvalue weighted by atomic mass is 10.1. The fraction of sp³-hybridized carbons (Fsp3) is 0.273. The molecule has 1 aliphatic rings. The summed E-state index contributed by atoms with van der Waals surface area (Å²) in [5.41, 5.74) is 2.06. The Balaban J connectivity index is 0.00000256. The van der Waals surface area contributed by atoms with Crippen LogP contribution in [0.1, 0.15) is 18.4 Å². The number of pyridine rings is 1. The van der Waals surface area contributed by atoms with Crippen LogP contribution < -0.4 is 21.4 Å². The molecule has 8 heteroatoms. The number of carbonyl (C=O) groups excluding carboxylic acids is 1. The van der Waals surface area contributed by atoms with Crippen LogP contribution in [0.25, 0.3) is 16.6 Å². The molecule has 3 N–H and O–H groups in total. The minimum absolute atomic E-state index is 0. The van der Waals surface area contributed by atoms with Crippen LogP contribution in [0, 0.1) is 0 Å². The number of carbonyl (C=O) groups is 1. The molecule has 1 aliphatic heterocycles. The number of amides is 2. The van der Waals surface area contributed by atoms with E-state index < -0.39 is 0 Å². The number of aromatic nitrogens is 1. The van der Waals surface area contributed by atoms with Crippen molar-refractivity contribution < 1.29 is 4.79 Å². The largest absolute Gasteiger partial charge is 0.335 e. The number of piperidine rings is 1. The number of urea groups is 1. The molecule has 158 valence electrons. The highest BCUT2D eigenvalue weighted by atomic mass is 35.5. The normalized spacial score (nSPS) is 14.2. The van der Waals surface area contributed by atoms with Crippen molar-refractivity contribution in [3.63, 3.8) is 0 Å². The molecule has 1 saturated heterocycles. The predicted molar refractivity (Wildman–Crippen MR) is 123 cm³/mol. The zero-order valence-corrected chi connectivity index (χ0v) is 17.9. The van der Waals surface area contributed by atoms with Crippen molar-refractivity contribution in [2.75, 3.05) is 13.1 Å². The fourth-order valence-electron chi connectivity index (χ4n) is 3.66. The summed E-state index contributed by atoms with van der Waals surface area (Å²) in [6, 6.07) is 14.9. The lowest BCUT2D eigenvalue weighted by molar-refractivity contribution is 0.233. The van der Waals surface area contributed by atoms with E-state index in [0.29, 0.717) is 16.0 Å². The summed E-state index contributed by atoms with van der Waals surface area (Å²) in [5, 5.41) is 10.2. The first-order chi connectivity index (χ1) is 14.1. The molecule has 0 spiro atoms. The molecule has 0 atom stereocenters. The van der Waals surface area contributed by atoms with Crippen LogP contribution in [0.15, 0.2) is 59.5 Å². The smallest absolute Gasteiger partial charge is 0.315 e. The number of benzene rings is 2. The third kappa shape index (κ3) is 4.95. The van der Waals surface area contributed by atoms with Gasteiger partial charge in [0.1, 0.15) is 0 Å². The molecule has 2 heterocycles. The Kier molecular flexibility index (Phi) is 7.37. The first kappa shape index (κ1) is 22.2. The molecular weight excluding hydrogens is 423 g/mol. The monoisotopic (exact) mass is 446 g/mol. The fourth-order valence-corrected chi connectivity index (χ4v) is 3.83. The number of nitrogens with one attached hydrogen (secondary N) is 3. The second-order valence-electron chi connectivity index (χ2n) is 7.20. The number of hydrogen-bond acceptors (Lipinski definition) is 3. The molecule has 4 rings (SSSR count). The molecule has 6 nitrogen and oxygen atoms in total. The summed E-state index contributed by atoms with van der Waals surface area (Å²) >= 11 is 6.18. The number of para-hydroxylation sites is 1. The van der Waals surface area contributed by atoms with Gasteiger partial charge >= 0.3 is 6.03 Å². The van der Waals surface area contributed by atoms with Crippen LogP contribution in [0.5, 0.6) is 0 Å². The van der Waals surface area contributed by atoms with Crippen molar-refractivity contribution >= 4 is 40.9 Å². The van der Waals surface area contributed by atoms with Crippen LogP contribution in [-0.4, -0.2) is 29.7 Å². The van der Waals surface area contributed by atoms with Crippen molar-refractivity contribution in [3.8, 4) is 5.69 Å². The van der Waals surface area contributed by atoms with Gasteiger partial charge in [0, 0.05) is 40.4 Å².